The number of methoxy groups -OCH3 is 1. The van der Waals surface area contributed by atoms with E-state index in [1.165, 1.54) is 13.3 Å². The molecule has 0 bridgehead atoms. The molecule has 1 fully saturated rings. The number of rotatable bonds is 2. The number of nitrogens with one attached hydrogen (secondary N) is 1. The number of hydrogen-bond acceptors (Lipinski definition) is 3. The first-order chi connectivity index (χ1) is 6.81. The average Bonchev–Trinajstić information content (AvgIpc) is 2.71. The Labute approximate surface area is 82.3 Å². The molecule has 1 saturated heterocycles. The molecule has 1 aliphatic rings. The smallest absolute Gasteiger partial charge is 0.213 e. The number of pyridine rings is 1. The largest absolute Gasteiger partial charge is 0.481 e. The highest BCUT2D eigenvalue weighted by atomic mass is 19.1. The van der Waals surface area contributed by atoms with Gasteiger partial charge >= 0.3 is 0 Å². The topological polar surface area (TPSA) is 34.1 Å². The molecule has 0 spiro atoms. The van der Waals surface area contributed by atoms with Gasteiger partial charge < -0.3 is 10.1 Å². The number of nitrogens with zero attached hydrogens (tertiary/aromatic N) is 1. The molecule has 3 nitrogen and oxygen atoms in total. The monoisotopic (exact) mass is 196 g/mol. The summed E-state index contributed by atoms with van der Waals surface area (Å²) in [6.45, 7) is 0.953. The summed E-state index contributed by atoms with van der Waals surface area (Å²) in [6, 6.07) is 1.78. The van der Waals surface area contributed by atoms with E-state index >= 15 is 0 Å². The standard InChI is InChI=1S/C10H13FN2O/c1-14-10-5-7(8(11)6-13-10)9-3-2-4-12-9/h5-6,9,12H,2-4H2,1H3. The fourth-order valence-corrected chi connectivity index (χ4v) is 1.76. The van der Waals surface area contributed by atoms with Crippen molar-refractivity contribution in [3.63, 3.8) is 0 Å². The Hall–Kier alpha value is -1.16. The molecule has 14 heavy (non-hydrogen) atoms. The summed E-state index contributed by atoms with van der Waals surface area (Å²) in [4.78, 5) is 3.80. The van der Waals surface area contributed by atoms with Crippen molar-refractivity contribution in [3.8, 4) is 5.88 Å². The van der Waals surface area contributed by atoms with Gasteiger partial charge in [0, 0.05) is 17.7 Å². The van der Waals surface area contributed by atoms with E-state index < -0.39 is 0 Å². The third kappa shape index (κ3) is 1.70. The van der Waals surface area contributed by atoms with Crippen molar-refractivity contribution in [3.05, 3.63) is 23.6 Å². The lowest BCUT2D eigenvalue weighted by molar-refractivity contribution is 0.393. The van der Waals surface area contributed by atoms with Gasteiger partial charge in [-0.25, -0.2) is 9.37 Å². The summed E-state index contributed by atoms with van der Waals surface area (Å²) in [5, 5.41) is 3.24. The van der Waals surface area contributed by atoms with Crippen molar-refractivity contribution < 1.29 is 9.13 Å². The molecular formula is C10H13FN2O. The first-order valence-corrected chi connectivity index (χ1v) is 4.74. The lowest BCUT2D eigenvalue weighted by Gasteiger charge is -2.12. The van der Waals surface area contributed by atoms with Gasteiger partial charge in [0.05, 0.1) is 13.3 Å². The molecule has 0 aliphatic carbocycles. The van der Waals surface area contributed by atoms with Crippen molar-refractivity contribution >= 4 is 0 Å². The van der Waals surface area contributed by atoms with E-state index in [1.807, 2.05) is 0 Å². The molecule has 1 unspecified atom stereocenters. The summed E-state index contributed by atoms with van der Waals surface area (Å²) in [6.07, 6.45) is 3.28. The highest BCUT2D eigenvalue weighted by Crippen LogP contribution is 2.26. The van der Waals surface area contributed by atoms with Crippen LogP contribution in [0.15, 0.2) is 12.3 Å². The fraction of sp³-hybridized carbons (Fsp3) is 0.500. The Morgan fingerprint density at radius 1 is 1.64 bits per heavy atom. The van der Waals surface area contributed by atoms with E-state index in [4.69, 9.17) is 4.74 Å². The van der Waals surface area contributed by atoms with E-state index in [0.717, 1.165) is 19.4 Å². The number of halogens is 1. The lowest BCUT2D eigenvalue weighted by Crippen LogP contribution is -2.14. The van der Waals surface area contributed by atoms with Crippen LogP contribution in [0.2, 0.25) is 0 Å². The first-order valence-electron chi connectivity index (χ1n) is 4.74. The van der Waals surface area contributed by atoms with Crippen LogP contribution in [-0.4, -0.2) is 18.6 Å². The van der Waals surface area contributed by atoms with E-state index in [1.54, 1.807) is 6.07 Å². The molecule has 0 amide bonds. The van der Waals surface area contributed by atoms with Gasteiger partial charge in [-0.2, -0.15) is 0 Å². The molecule has 1 aromatic rings. The third-order valence-corrected chi connectivity index (χ3v) is 2.50. The van der Waals surface area contributed by atoms with Crippen LogP contribution in [0.3, 0.4) is 0 Å². The maximum Gasteiger partial charge on any atom is 0.213 e. The molecular weight excluding hydrogens is 183 g/mol. The van der Waals surface area contributed by atoms with Crippen LogP contribution >= 0.6 is 0 Å². The molecule has 1 aromatic heterocycles. The summed E-state index contributed by atoms with van der Waals surface area (Å²) >= 11 is 0. The predicted molar refractivity (Wildman–Crippen MR) is 50.7 cm³/mol. The van der Waals surface area contributed by atoms with Crippen molar-refractivity contribution in [2.75, 3.05) is 13.7 Å². The minimum atomic E-state index is -0.259. The van der Waals surface area contributed by atoms with Gasteiger partial charge in [0.25, 0.3) is 0 Å². The SMILES string of the molecule is COc1cc(C2CCCN2)c(F)cn1. The molecule has 0 aromatic carbocycles. The highest BCUT2D eigenvalue weighted by Gasteiger charge is 2.20. The van der Waals surface area contributed by atoms with Gasteiger partial charge in [0.15, 0.2) is 0 Å². The fourth-order valence-electron chi connectivity index (χ4n) is 1.76. The van der Waals surface area contributed by atoms with Crippen molar-refractivity contribution in [2.24, 2.45) is 0 Å². The summed E-state index contributed by atoms with van der Waals surface area (Å²) in [5.41, 5.74) is 0.661. The van der Waals surface area contributed by atoms with Crippen LogP contribution < -0.4 is 10.1 Å². The average molecular weight is 196 g/mol. The van der Waals surface area contributed by atoms with E-state index in [0.29, 0.717) is 11.4 Å². The third-order valence-electron chi connectivity index (χ3n) is 2.50. The minimum Gasteiger partial charge on any atom is -0.481 e. The molecule has 4 heteroatoms. The zero-order valence-electron chi connectivity index (χ0n) is 8.09. The van der Waals surface area contributed by atoms with Crippen LogP contribution in [0.5, 0.6) is 5.88 Å². The van der Waals surface area contributed by atoms with Gasteiger partial charge in [-0.1, -0.05) is 0 Å². The van der Waals surface area contributed by atoms with Gasteiger partial charge in [-0.3, -0.25) is 0 Å². The zero-order valence-corrected chi connectivity index (χ0v) is 8.09. The number of aromatic nitrogens is 1. The quantitative estimate of drug-likeness (QED) is 0.781. The molecule has 1 atom stereocenters. The van der Waals surface area contributed by atoms with Gasteiger partial charge in [-0.05, 0) is 19.4 Å². The van der Waals surface area contributed by atoms with Crippen LogP contribution in [-0.2, 0) is 0 Å². The number of hydrogen-bond donors (Lipinski definition) is 1. The normalized spacial score (nSPS) is 21.1. The molecule has 76 valence electrons. The van der Waals surface area contributed by atoms with Crippen molar-refractivity contribution in [1.82, 2.24) is 10.3 Å². The second-order valence-electron chi connectivity index (χ2n) is 3.40. The van der Waals surface area contributed by atoms with Crippen molar-refractivity contribution in [2.45, 2.75) is 18.9 Å². The second kappa shape index (κ2) is 3.92. The van der Waals surface area contributed by atoms with Crippen LogP contribution in [0, 0.1) is 5.82 Å². The van der Waals surface area contributed by atoms with E-state index in [9.17, 15) is 4.39 Å². The van der Waals surface area contributed by atoms with Gasteiger partial charge in [0.2, 0.25) is 5.88 Å². The molecule has 0 radical (unpaired) electrons. The molecule has 2 rings (SSSR count). The second-order valence-corrected chi connectivity index (χ2v) is 3.40. The zero-order chi connectivity index (χ0) is 9.97. The predicted octanol–water partition coefficient (Wildman–Crippen LogP) is 1.65. The van der Waals surface area contributed by atoms with Gasteiger partial charge in [-0.15, -0.1) is 0 Å². The molecule has 1 aliphatic heterocycles. The van der Waals surface area contributed by atoms with E-state index in [-0.39, 0.29) is 11.9 Å². The summed E-state index contributed by atoms with van der Waals surface area (Å²) < 4.78 is 18.4. The highest BCUT2D eigenvalue weighted by molar-refractivity contribution is 5.25. The van der Waals surface area contributed by atoms with Gasteiger partial charge in [0.1, 0.15) is 5.82 Å². The Bertz CT molecular complexity index is 324. The Balaban J connectivity index is 2.29. The maximum atomic E-state index is 13.4. The minimum absolute atomic E-state index is 0.117. The van der Waals surface area contributed by atoms with Crippen LogP contribution in [0.1, 0.15) is 24.4 Å². The van der Waals surface area contributed by atoms with E-state index in [2.05, 4.69) is 10.3 Å². The van der Waals surface area contributed by atoms with Crippen LogP contribution in [0.4, 0.5) is 4.39 Å². The van der Waals surface area contributed by atoms with Crippen molar-refractivity contribution in [1.29, 1.82) is 0 Å². The summed E-state index contributed by atoms with van der Waals surface area (Å²) in [5.74, 6) is 0.209. The Morgan fingerprint density at radius 2 is 2.50 bits per heavy atom. The number of ether oxygens (including phenoxy) is 1. The maximum absolute atomic E-state index is 13.4. The molecule has 1 N–H and O–H groups in total. The Morgan fingerprint density at radius 3 is 3.14 bits per heavy atom. The molecule has 2 heterocycles. The van der Waals surface area contributed by atoms with Crippen LogP contribution in [0.25, 0.3) is 0 Å². The Kier molecular flexibility index (Phi) is 2.63. The summed E-state index contributed by atoms with van der Waals surface area (Å²) in [7, 11) is 1.53. The lowest BCUT2D eigenvalue weighted by atomic mass is 10.1. The molecule has 0 saturated carbocycles. The first kappa shape index (κ1) is 9.40.